The zero-order chi connectivity index (χ0) is 14.6. The van der Waals surface area contributed by atoms with Gasteiger partial charge in [-0.1, -0.05) is 25.4 Å². The van der Waals surface area contributed by atoms with E-state index in [1.165, 1.54) is 6.08 Å². The minimum Gasteiger partial charge on any atom is -0.394 e. The number of hydrogen-bond donors (Lipinski definition) is 2. The Hall–Kier alpha value is -1.33. The Morgan fingerprint density at radius 2 is 2.21 bits per heavy atom. The highest BCUT2D eigenvalue weighted by Crippen LogP contribution is 2.19. The van der Waals surface area contributed by atoms with Crippen molar-refractivity contribution in [3.05, 3.63) is 22.5 Å². The van der Waals surface area contributed by atoms with Crippen molar-refractivity contribution in [1.29, 1.82) is 0 Å². The van der Waals surface area contributed by atoms with Gasteiger partial charge in [-0.2, -0.15) is 5.10 Å². The fourth-order valence-corrected chi connectivity index (χ4v) is 1.89. The van der Waals surface area contributed by atoms with E-state index in [9.17, 15) is 4.79 Å². The number of amides is 1. The molecule has 0 spiro atoms. The summed E-state index contributed by atoms with van der Waals surface area (Å²) in [5, 5.41) is 16.5. The van der Waals surface area contributed by atoms with Crippen LogP contribution < -0.4 is 5.32 Å². The Morgan fingerprint density at radius 1 is 1.58 bits per heavy atom. The van der Waals surface area contributed by atoms with Gasteiger partial charge in [0.15, 0.2) is 0 Å². The number of aromatic nitrogens is 2. The van der Waals surface area contributed by atoms with Gasteiger partial charge in [0, 0.05) is 18.7 Å². The second-order valence-electron chi connectivity index (χ2n) is 4.79. The zero-order valence-electron chi connectivity index (χ0n) is 11.6. The molecule has 0 fully saturated rings. The summed E-state index contributed by atoms with van der Waals surface area (Å²) in [5.74, 6) is -0.0851. The molecule has 6 heteroatoms. The molecule has 0 aliphatic carbocycles. The number of aryl methyl sites for hydroxylation is 2. The fraction of sp³-hybridized carbons (Fsp3) is 0.538. The number of carbonyl (C=O) groups is 1. The molecule has 0 aliphatic rings. The van der Waals surface area contributed by atoms with Crippen molar-refractivity contribution in [2.75, 3.05) is 6.61 Å². The standard InChI is InChI=1S/C13H20ClN3O2/c1-8(2)11(7-18)15-12(19)6-5-10-9(3)16-17(4)13(10)14/h5-6,8,11,18H,7H2,1-4H3,(H,15,19). The fourth-order valence-electron chi connectivity index (χ4n) is 1.65. The van der Waals surface area contributed by atoms with E-state index in [4.69, 9.17) is 16.7 Å². The summed E-state index contributed by atoms with van der Waals surface area (Å²) in [4.78, 5) is 11.7. The summed E-state index contributed by atoms with van der Waals surface area (Å²) in [6, 6.07) is -0.248. The molecular formula is C13H20ClN3O2. The van der Waals surface area contributed by atoms with E-state index in [0.717, 1.165) is 11.3 Å². The second-order valence-corrected chi connectivity index (χ2v) is 5.15. The van der Waals surface area contributed by atoms with Crippen molar-refractivity contribution in [2.24, 2.45) is 13.0 Å². The van der Waals surface area contributed by atoms with Crippen LogP contribution in [-0.4, -0.2) is 33.4 Å². The number of hydrogen-bond acceptors (Lipinski definition) is 3. The lowest BCUT2D eigenvalue weighted by atomic mass is 10.1. The van der Waals surface area contributed by atoms with Gasteiger partial charge in [-0.05, 0) is 18.9 Å². The summed E-state index contributed by atoms with van der Waals surface area (Å²) in [7, 11) is 1.74. The maximum Gasteiger partial charge on any atom is 0.244 e. The first-order valence-corrected chi connectivity index (χ1v) is 6.53. The Bertz CT molecular complexity index is 480. The Labute approximate surface area is 118 Å². The first-order valence-electron chi connectivity index (χ1n) is 6.15. The number of halogens is 1. The minimum absolute atomic E-state index is 0.0794. The first kappa shape index (κ1) is 15.7. The second kappa shape index (κ2) is 6.73. The molecule has 0 saturated carbocycles. The lowest BCUT2D eigenvalue weighted by molar-refractivity contribution is -0.117. The molecule has 1 amide bonds. The molecule has 5 nitrogen and oxygen atoms in total. The molecule has 1 atom stereocenters. The van der Waals surface area contributed by atoms with Crippen LogP contribution in [-0.2, 0) is 11.8 Å². The normalized spacial score (nSPS) is 13.2. The quantitative estimate of drug-likeness (QED) is 0.806. The van der Waals surface area contributed by atoms with E-state index in [2.05, 4.69) is 10.4 Å². The van der Waals surface area contributed by atoms with Gasteiger partial charge in [-0.15, -0.1) is 0 Å². The Morgan fingerprint density at radius 3 is 2.63 bits per heavy atom. The van der Waals surface area contributed by atoms with Gasteiger partial charge in [-0.3, -0.25) is 9.48 Å². The molecule has 2 N–H and O–H groups in total. The third kappa shape index (κ3) is 4.08. The van der Waals surface area contributed by atoms with Crippen LogP contribution in [0, 0.1) is 12.8 Å². The molecule has 0 bridgehead atoms. The molecule has 1 aromatic rings. The molecule has 0 radical (unpaired) electrons. The van der Waals surface area contributed by atoms with Crippen molar-refractivity contribution in [1.82, 2.24) is 15.1 Å². The van der Waals surface area contributed by atoms with Crippen molar-refractivity contribution >= 4 is 23.6 Å². The van der Waals surface area contributed by atoms with Gasteiger partial charge in [-0.25, -0.2) is 0 Å². The van der Waals surface area contributed by atoms with E-state index in [1.54, 1.807) is 17.8 Å². The monoisotopic (exact) mass is 285 g/mol. The van der Waals surface area contributed by atoms with Crippen molar-refractivity contribution in [2.45, 2.75) is 26.8 Å². The summed E-state index contributed by atoms with van der Waals surface area (Å²) in [5.41, 5.74) is 1.49. The smallest absolute Gasteiger partial charge is 0.244 e. The van der Waals surface area contributed by atoms with Gasteiger partial charge in [0.1, 0.15) is 5.15 Å². The molecule has 1 aromatic heterocycles. The maximum atomic E-state index is 11.7. The molecule has 0 aliphatic heterocycles. The summed E-state index contributed by atoms with van der Waals surface area (Å²) >= 11 is 6.06. The van der Waals surface area contributed by atoms with E-state index in [0.29, 0.717) is 5.15 Å². The molecule has 1 unspecified atom stereocenters. The number of nitrogens with zero attached hydrogens (tertiary/aromatic N) is 2. The summed E-state index contributed by atoms with van der Waals surface area (Å²) in [6.45, 7) is 5.62. The predicted molar refractivity (Wildman–Crippen MR) is 75.8 cm³/mol. The molecular weight excluding hydrogens is 266 g/mol. The van der Waals surface area contributed by atoms with E-state index in [-0.39, 0.29) is 24.5 Å². The van der Waals surface area contributed by atoms with E-state index < -0.39 is 0 Å². The topological polar surface area (TPSA) is 67.2 Å². The van der Waals surface area contributed by atoms with Gasteiger partial charge in [0.2, 0.25) is 5.91 Å². The summed E-state index contributed by atoms with van der Waals surface area (Å²) < 4.78 is 1.55. The average molecular weight is 286 g/mol. The van der Waals surface area contributed by atoms with Crippen LogP contribution >= 0.6 is 11.6 Å². The van der Waals surface area contributed by atoms with Crippen molar-refractivity contribution < 1.29 is 9.90 Å². The molecule has 1 heterocycles. The van der Waals surface area contributed by atoms with Gasteiger partial charge >= 0.3 is 0 Å². The number of nitrogens with one attached hydrogen (secondary N) is 1. The SMILES string of the molecule is Cc1nn(C)c(Cl)c1C=CC(=O)NC(CO)C(C)C. The highest BCUT2D eigenvalue weighted by molar-refractivity contribution is 6.31. The lowest BCUT2D eigenvalue weighted by Crippen LogP contribution is -2.40. The molecule has 0 saturated heterocycles. The van der Waals surface area contributed by atoms with Crippen LogP contribution in [0.3, 0.4) is 0 Å². The van der Waals surface area contributed by atoms with Crippen LogP contribution in [0.2, 0.25) is 5.15 Å². The van der Waals surface area contributed by atoms with Gasteiger partial charge in [0.05, 0.1) is 18.3 Å². The highest BCUT2D eigenvalue weighted by Gasteiger charge is 2.14. The van der Waals surface area contributed by atoms with Crippen LogP contribution in [0.25, 0.3) is 6.08 Å². The molecule has 106 valence electrons. The summed E-state index contributed by atoms with van der Waals surface area (Å²) in [6.07, 6.45) is 3.04. The number of rotatable bonds is 5. The number of aliphatic hydroxyl groups is 1. The minimum atomic E-state index is -0.257. The maximum absolute atomic E-state index is 11.7. The number of aliphatic hydroxyl groups excluding tert-OH is 1. The van der Waals surface area contributed by atoms with Crippen molar-refractivity contribution in [3.63, 3.8) is 0 Å². The Balaban J connectivity index is 2.73. The lowest BCUT2D eigenvalue weighted by Gasteiger charge is -2.18. The first-order chi connectivity index (χ1) is 8.86. The molecule has 1 rings (SSSR count). The largest absolute Gasteiger partial charge is 0.394 e. The third-order valence-corrected chi connectivity index (χ3v) is 3.37. The van der Waals surface area contributed by atoms with Crippen LogP contribution in [0.5, 0.6) is 0 Å². The molecule has 19 heavy (non-hydrogen) atoms. The molecule has 0 aromatic carbocycles. The zero-order valence-corrected chi connectivity index (χ0v) is 12.4. The number of carbonyl (C=O) groups excluding carboxylic acids is 1. The van der Waals surface area contributed by atoms with Gasteiger partial charge < -0.3 is 10.4 Å². The third-order valence-electron chi connectivity index (χ3n) is 2.93. The van der Waals surface area contributed by atoms with E-state index in [1.807, 2.05) is 20.8 Å². The average Bonchev–Trinajstić information content (AvgIpc) is 2.58. The predicted octanol–water partition coefficient (Wildman–Crippen LogP) is 1.53. The van der Waals surface area contributed by atoms with Gasteiger partial charge in [0.25, 0.3) is 0 Å². The van der Waals surface area contributed by atoms with Crippen LogP contribution in [0.4, 0.5) is 0 Å². The Kier molecular flexibility index (Phi) is 5.57. The van der Waals surface area contributed by atoms with Crippen LogP contribution in [0.15, 0.2) is 6.08 Å². The van der Waals surface area contributed by atoms with E-state index >= 15 is 0 Å². The van der Waals surface area contributed by atoms with Crippen molar-refractivity contribution in [3.8, 4) is 0 Å². The van der Waals surface area contributed by atoms with Crippen LogP contribution in [0.1, 0.15) is 25.1 Å². The highest BCUT2D eigenvalue weighted by atomic mass is 35.5.